The van der Waals surface area contributed by atoms with Gasteiger partial charge in [-0.25, -0.2) is 9.59 Å². The van der Waals surface area contributed by atoms with Crippen LogP contribution in [0.25, 0.3) is 0 Å². The number of ketones is 1. The lowest BCUT2D eigenvalue weighted by molar-refractivity contribution is -0.145. The van der Waals surface area contributed by atoms with E-state index < -0.39 is 34.9 Å². The first-order valence-electron chi connectivity index (χ1n) is 7.19. The molecule has 0 aromatic heterocycles. The highest BCUT2D eigenvalue weighted by molar-refractivity contribution is 6.64. The Bertz CT molecular complexity index is 614. The predicted molar refractivity (Wildman–Crippen MR) is 85.2 cm³/mol. The summed E-state index contributed by atoms with van der Waals surface area (Å²) in [5.74, 6) is -2.77. The van der Waals surface area contributed by atoms with Crippen LogP contribution < -0.4 is 0 Å². The van der Waals surface area contributed by atoms with Crippen molar-refractivity contribution in [3.8, 4) is 0 Å². The van der Waals surface area contributed by atoms with Gasteiger partial charge in [-0.05, 0) is 12.5 Å². The summed E-state index contributed by atoms with van der Waals surface area (Å²) in [5.41, 5.74) is -0.729. The van der Waals surface area contributed by atoms with Gasteiger partial charge in [0.15, 0.2) is 11.5 Å². The van der Waals surface area contributed by atoms with E-state index in [0.717, 1.165) is 5.56 Å². The summed E-state index contributed by atoms with van der Waals surface area (Å²) in [5, 5.41) is 9.14. The van der Waals surface area contributed by atoms with Crippen molar-refractivity contribution in [2.75, 3.05) is 0 Å². The zero-order chi connectivity index (χ0) is 17.6. The minimum Gasteiger partial charge on any atom is -0.476 e. The third-order valence-corrected chi connectivity index (χ3v) is 2.99. The van der Waals surface area contributed by atoms with Crippen LogP contribution in [0.15, 0.2) is 35.3 Å². The molecule has 0 fully saturated rings. The third-order valence-electron chi connectivity index (χ3n) is 2.99. The molecule has 0 heterocycles. The lowest BCUT2D eigenvalue weighted by atomic mass is 9.88. The Balaban J connectivity index is 2.80. The minimum atomic E-state index is -1.45. The maximum Gasteiger partial charge on any atom is 0.357 e. The van der Waals surface area contributed by atoms with Gasteiger partial charge in [0.25, 0.3) is 0 Å². The second-order valence-corrected chi connectivity index (χ2v) is 6.13. The summed E-state index contributed by atoms with van der Waals surface area (Å²) >= 11 is 0. The number of hydrogen-bond donors (Lipinski definition) is 1. The zero-order valence-corrected chi connectivity index (χ0v) is 13.7. The molecular formula is C17H21NO5. The quantitative estimate of drug-likeness (QED) is 0.493. The highest BCUT2D eigenvalue weighted by atomic mass is 16.5. The molecule has 124 valence electrons. The van der Waals surface area contributed by atoms with Crippen molar-refractivity contribution in [3.63, 3.8) is 0 Å². The molecule has 0 saturated heterocycles. The number of aliphatic carboxylic acids is 1. The molecule has 0 bridgehead atoms. The Kier molecular flexibility index (Phi) is 6.18. The average molecular weight is 319 g/mol. The van der Waals surface area contributed by atoms with Crippen molar-refractivity contribution >= 4 is 23.4 Å². The van der Waals surface area contributed by atoms with Crippen LogP contribution in [0.4, 0.5) is 0 Å². The van der Waals surface area contributed by atoms with Gasteiger partial charge >= 0.3 is 11.9 Å². The number of nitrogens with zero attached hydrogens (tertiary/aromatic N) is 1. The van der Waals surface area contributed by atoms with Crippen molar-refractivity contribution in [1.29, 1.82) is 0 Å². The maximum absolute atomic E-state index is 12.1. The first-order chi connectivity index (χ1) is 10.6. The highest BCUT2D eigenvalue weighted by Gasteiger charge is 2.32. The van der Waals surface area contributed by atoms with Gasteiger partial charge in [-0.15, -0.1) is 0 Å². The number of carbonyl (C=O) groups is 3. The normalized spacial score (nSPS) is 13.3. The fraction of sp³-hybridized carbons (Fsp3) is 0.412. The number of carboxylic acids is 1. The van der Waals surface area contributed by atoms with Crippen molar-refractivity contribution in [2.24, 2.45) is 10.4 Å². The first kappa shape index (κ1) is 18.5. The van der Waals surface area contributed by atoms with Crippen molar-refractivity contribution in [3.05, 3.63) is 35.9 Å². The molecule has 1 aromatic carbocycles. The molecule has 0 spiro atoms. The van der Waals surface area contributed by atoms with Crippen LogP contribution >= 0.6 is 0 Å². The smallest absolute Gasteiger partial charge is 0.357 e. The van der Waals surface area contributed by atoms with E-state index in [2.05, 4.69) is 4.99 Å². The van der Waals surface area contributed by atoms with Crippen LogP contribution in [0.5, 0.6) is 0 Å². The third kappa shape index (κ3) is 5.65. The molecule has 1 rings (SSSR count). The van der Waals surface area contributed by atoms with E-state index >= 15 is 0 Å². The number of Topliss-reactive ketones (excluding diaryl/α,β-unsaturated/α-hetero) is 1. The van der Waals surface area contributed by atoms with Gasteiger partial charge in [0.1, 0.15) is 12.6 Å². The molecule has 1 unspecified atom stereocenters. The summed E-state index contributed by atoms with van der Waals surface area (Å²) < 4.78 is 5.09. The standard InChI is InChI=1S/C17H21NO5/c1-11(16(22)23-10-12-8-6-5-7-9-12)18-13(15(20)21)14(19)17(2,3)4/h5-9,11H,10H2,1-4H3,(H,20,21). The Hall–Kier alpha value is -2.50. The second-order valence-electron chi connectivity index (χ2n) is 6.13. The van der Waals surface area contributed by atoms with Gasteiger partial charge in [-0.2, -0.15) is 0 Å². The van der Waals surface area contributed by atoms with Crippen molar-refractivity contribution in [2.45, 2.75) is 40.3 Å². The van der Waals surface area contributed by atoms with Gasteiger partial charge in [0.2, 0.25) is 0 Å². The molecule has 0 amide bonds. The van der Waals surface area contributed by atoms with E-state index in [1.54, 1.807) is 32.9 Å². The summed E-state index contributed by atoms with van der Waals surface area (Å²) in [6, 6.07) is 8.00. The molecule has 6 nitrogen and oxygen atoms in total. The summed E-state index contributed by atoms with van der Waals surface area (Å²) in [4.78, 5) is 39.0. The monoisotopic (exact) mass is 319 g/mol. The number of aliphatic imine (C=N–C) groups is 1. The SMILES string of the molecule is CC(N=C(C(=O)O)C(=O)C(C)(C)C)C(=O)OCc1ccccc1. The van der Waals surface area contributed by atoms with Crippen LogP contribution in [-0.2, 0) is 25.7 Å². The second kappa shape index (κ2) is 7.67. The predicted octanol–water partition coefficient (Wildman–Crippen LogP) is 2.26. The molecule has 0 saturated carbocycles. The lowest BCUT2D eigenvalue weighted by Gasteiger charge is -2.17. The zero-order valence-electron chi connectivity index (χ0n) is 13.7. The van der Waals surface area contributed by atoms with Gasteiger partial charge in [0, 0.05) is 5.41 Å². The van der Waals surface area contributed by atoms with Gasteiger partial charge in [0.05, 0.1) is 0 Å². The van der Waals surface area contributed by atoms with Crippen molar-refractivity contribution < 1.29 is 24.2 Å². The van der Waals surface area contributed by atoms with E-state index in [1.165, 1.54) is 6.92 Å². The Labute approximate surface area is 135 Å². The van der Waals surface area contributed by atoms with Gasteiger partial charge < -0.3 is 9.84 Å². The number of benzene rings is 1. The van der Waals surface area contributed by atoms with E-state index in [4.69, 9.17) is 9.84 Å². The summed E-state index contributed by atoms with van der Waals surface area (Å²) in [6.07, 6.45) is 0. The molecule has 0 aliphatic rings. The molecular weight excluding hydrogens is 298 g/mol. The van der Waals surface area contributed by atoms with Crippen LogP contribution in [0.3, 0.4) is 0 Å². The number of carboxylic acid groups (broad SMARTS) is 1. The Morgan fingerprint density at radius 3 is 2.22 bits per heavy atom. The van der Waals surface area contributed by atoms with Crippen LogP contribution in [0.2, 0.25) is 0 Å². The lowest BCUT2D eigenvalue weighted by Crippen LogP contribution is -2.35. The maximum atomic E-state index is 12.1. The molecule has 0 radical (unpaired) electrons. The number of esters is 1. The topological polar surface area (TPSA) is 93.0 Å². The molecule has 1 N–H and O–H groups in total. The first-order valence-corrected chi connectivity index (χ1v) is 7.19. The molecule has 1 aromatic rings. The van der Waals surface area contributed by atoms with E-state index in [1.807, 2.05) is 18.2 Å². The fourth-order valence-corrected chi connectivity index (χ4v) is 1.66. The Morgan fingerprint density at radius 2 is 1.74 bits per heavy atom. The number of hydrogen-bond acceptors (Lipinski definition) is 5. The van der Waals surface area contributed by atoms with Gasteiger partial charge in [-0.1, -0.05) is 51.1 Å². The molecule has 0 aliphatic heterocycles. The summed E-state index contributed by atoms with van der Waals surface area (Å²) in [6.45, 7) is 6.23. The van der Waals surface area contributed by atoms with E-state index in [-0.39, 0.29) is 6.61 Å². The minimum absolute atomic E-state index is 0.0646. The van der Waals surface area contributed by atoms with Crippen molar-refractivity contribution in [1.82, 2.24) is 0 Å². The number of ether oxygens (including phenoxy) is 1. The van der Waals surface area contributed by atoms with Gasteiger partial charge in [-0.3, -0.25) is 9.79 Å². The molecule has 6 heteroatoms. The van der Waals surface area contributed by atoms with Crippen LogP contribution in [0, 0.1) is 5.41 Å². The molecule has 1 atom stereocenters. The highest BCUT2D eigenvalue weighted by Crippen LogP contribution is 2.16. The largest absolute Gasteiger partial charge is 0.476 e. The Morgan fingerprint density at radius 1 is 1.17 bits per heavy atom. The number of rotatable bonds is 6. The average Bonchev–Trinajstić information content (AvgIpc) is 2.49. The van der Waals surface area contributed by atoms with Crippen LogP contribution in [0.1, 0.15) is 33.3 Å². The molecule has 23 heavy (non-hydrogen) atoms. The van der Waals surface area contributed by atoms with E-state index in [0.29, 0.717) is 0 Å². The van der Waals surface area contributed by atoms with Crippen LogP contribution in [-0.4, -0.2) is 34.6 Å². The van der Waals surface area contributed by atoms with E-state index in [9.17, 15) is 14.4 Å². The number of carbonyl (C=O) groups excluding carboxylic acids is 2. The fourth-order valence-electron chi connectivity index (χ4n) is 1.66. The summed E-state index contributed by atoms with van der Waals surface area (Å²) in [7, 11) is 0. The molecule has 0 aliphatic carbocycles.